The number of aromatic nitrogens is 3. The Balaban J connectivity index is 2.43. The Labute approximate surface area is 116 Å². The Morgan fingerprint density at radius 3 is 2.55 bits per heavy atom. The molecule has 8 heteroatoms. The summed E-state index contributed by atoms with van der Waals surface area (Å²) in [5.41, 5.74) is -0.698. The van der Waals surface area contributed by atoms with E-state index in [2.05, 4.69) is 20.6 Å². The van der Waals surface area contributed by atoms with E-state index in [4.69, 9.17) is 0 Å². The summed E-state index contributed by atoms with van der Waals surface area (Å²) < 4.78 is 1.77. The van der Waals surface area contributed by atoms with E-state index in [0.717, 1.165) is 0 Å². The summed E-state index contributed by atoms with van der Waals surface area (Å²) in [7, 11) is 0. The number of fused-ring (bicyclic) bond motifs is 1. The standard InChI is InChI=1S/C12H19N5O3/c1-2-13-9-5-17-4-3-14-11(17)10(15-9)16-12(6-18,7-19)8-20/h3-5,13,18-20H,2,6-8H2,1H3,(H,15,16). The van der Waals surface area contributed by atoms with E-state index in [-0.39, 0.29) is 0 Å². The van der Waals surface area contributed by atoms with Crippen LogP contribution in [0.4, 0.5) is 11.6 Å². The van der Waals surface area contributed by atoms with Gasteiger partial charge >= 0.3 is 0 Å². The Morgan fingerprint density at radius 2 is 1.95 bits per heavy atom. The number of rotatable bonds is 7. The zero-order valence-corrected chi connectivity index (χ0v) is 11.2. The van der Waals surface area contributed by atoms with Crippen LogP contribution >= 0.6 is 0 Å². The third-order valence-corrected chi connectivity index (χ3v) is 3.02. The van der Waals surface area contributed by atoms with Crippen molar-refractivity contribution in [2.45, 2.75) is 12.5 Å². The van der Waals surface area contributed by atoms with Crippen LogP contribution in [0.25, 0.3) is 5.65 Å². The minimum absolute atomic E-state index is 0.380. The Bertz CT molecular complexity index is 559. The van der Waals surface area contributed by atoms with Crippen molar-refractivity contribution >= 4 is 17.3 Å². The lowest BCUT2D eigenvalue weighted by atomic mass is 10.0. The van der Waals surface area contributed by atoms with Gasteiger partial charge in [-0.1, -0.05) is 0 Å². The van der Waals surface area contributed by atoms with Gasteiger partial charge in [-0.05, 0) is 6.92 Å². The molecular weight excluding hydrogens is 262 g/mol. The third kappa shape index (κ3) is 2.67. The van der Waals surface area contributed by atoms with Crippen LogP contribution in [0.2, 0.25) is 0 Å². The smallest absolute Gasteiger partial charge is 0.180 e. The number of imidazole rings is 1. The number of nitrogens with one attached hydrogen (secondary N) is 2. The van der Waals surface area contributed by atoms with Crippen LogP contribution < -0.4 is 10.6 Å². The van der Waals surface area contributed by atoms with Gasteiger partial charge in [0, 0.05) is 18.9 Å². The zero-order valence-electron chi connectivity index (χ0n) is 11.2. The highest BCUT2D eigenvalue weighted by Crippen LogP contribution is 2.20. The molecule has 8 nitrogen and oxygen atoms in total. The minimum atomic E-state index is -1.25. The topological polar surface area (TPSA) is 115 Å². The molecule has 0 aliphatic heterocycles. The van der Waals surface area contributed by atoms with E-state index in [1.165, 1.54) is 0 Å². The molecule has 110 valence electrons. The SMILES string of the molecule is CCNc1cn2ccnc2c(NC(CO)(CO)CO)n1. The Hall–Kier alpha value is -1.90. The molecule has 0 saturated carbocycles. The van der Waals surface area contributed by atoms with Crippen molar-refractivity contribution < 1.29 is 15.3 Å². The second-order valence-corrected chi connectivity index (χ2v) is 4.54. The largest absolute Gasteiger partial charge is 0.394 e. The molecule has 0 aliphatic carbocycles. The van der Waals surface area contributed by atoms with Gasteiger partial charge in [0.05, 0.1) is 26.0 Å². The van der Waals surface area contributed by atoms with Gasteiger partial charge in [-0.3, -0.25) is 0 Å². The molecule has 0 atom stereocenters. The fourth-order valence-electron chi connectivity index (χ4n) is 1.80. The minimum Gasteiger partial charge on any atom is -0.394 e. The van der Waals surface area contributed by atoms with Crippen molar-refractivity contribution in [3.63, 3.8) is 0 Å². The lowest BCUT2D eigenvalue weighted by Gasteiger charge is -2.29. The van der Waals surface area contributed by atoms with Gasteiger partial charge in [-0.25, -0.2) is 9.97 Å². The first kappa shape index (κ1) is 14.5. The van der Waals surface area contributed by atoms with Gasteiger partial charge in [0.1, 0.15) is 11.4 Å². The Morgan fingerprint density at radius 1 is 1.25 bits per heavy atom. The van der Waals surface area contributed by atoms with Crippen LogP contribution in [-0.4, -0.2) is 61.6 Å². The number of aliphatic hydroxyl groups is 3. The molecule has 5 N–H and O–H groups in total. The van der Waals surface area contributed by atoms with Gasteiger partial charge in [0.25, 0.3) is 0 Å². The van der Waals surface area contributed by atoms with Crippen LogP contribution in [0.3, 0.4) is 0 Å². The second kappa shape index (κ2) is 6.04. The molecule has 2 aromatic rings. The summed E-state index contributed by atoms with van der Waals surface area (Å²) in [6.45, 7) is 1.37. The fraction of sp³-hybridized carbons (Fsp3) is 0.500. The van der Waals surface area contributed by atoms with E-state index in [1.807, 2.05) is 6.92 Å². The first-order chi connectivity index (χ1) is 9.68. The highest BCUT2D eigenvalue weighted by Gasteiger charge is 2.29. The predicted molar refractivity (Wildman–Crippen MR) is 74.8 cm³/mol. The molecule has 2 aromatic heterocycles. The quantitative estimate of drug-likeness (QED) is 0.455. The van der Waals surface area contributed by atoms with E-state index in [1.54, 1.807) is 23.0 Å². The van der Waals surface area contributed by atoms with Gasteiger partial charge in [-0.15, -0.1) is 0 Å². The molecular formula is C12H19N5O3. The van der Waals surface area contributed by atoms with Crippen molar-refractivity contribution in [3.05, 3.63) is 18.6 Å². The maximum absolute atomic E-state index is 9.38. The third-order valence-electron chi connectivity index (χ3n) is 3.02. The number of aliphatic hydroxyl groups excluding tert-OH is 3. The molecule has 0 spiro atoms. The summed E-state index contributed by atoms with van der Waals surface area (Å²) in [6.07, 6.45) is 5.17. The molecule has 0 fully saturated rings. The Kier molecular flexibility index (Phi) is 4.38. The first-order valence-corrected chi connectivity index (χ1v) is 6.36. The fourth-order valence-corrected chi connectivity index (χ4v) is 1.80. The lowest BCUT2D eigenvalue weighted by molar-refractivity contribution is 0.0832. The molecule has 0 unspecified atom stereocenters. The van der Waals surface area contributed by atoms with Crippen LogP contribution in [-0.2, 0) is 0 Å². The van der Waals surface area contributed by atoms with Crippen molar-refractivity contribution in [2.24, 2.45) is 0 Å². The van der Waals surface area contributed by atoms with Crippen LogP contribution in [0, 0.1) is 0 Å². The molecule has 0 amide bonds. The van der Waals surface area contributed by atoms with Crippen molar-refractivity contribution in [1.82, 2.24) is 14.4 Å². The monoisotopic (exact) mass is 281 g/mol. The predicted octanol–water partition coefficient (Wildman–Crippen LogP) is -0.711. The molecule has 0 aliphatic rings. The summed E-state index contributed by atoms with van der Waals surface area (Å²) >= 11 is 0. The number of anilines is 2. The number of hydrogen-bond donors (Lipinski definition) is 5. The highest BCUT2D eigenvalue weighted by molar-refractivity contribution is 5.66. The van der Waals surface area contributed by atoms with Gasteiger partial charge in [0.15, 0.2) is 11.5 Å². The normalized spacial score (nSPS) is 11.8. The number of nitrogens with zero attached hydrogens (tertiary/aromatic N) is 3. The van der Waals surface area contributed by atoms with Crippen molar-refractivity contribution in [1.29, 1.82) is 0 Å². The average Bonchev–Trinajstić information content (AvgIpc) is 2.94. The summed E-state index contributed by atoms with van der Waals surface area (Å²) in [5.74, 6) is 1.01. The van der Waals surface area contributed by atoms with Gasteiger partial charge < -0.3 is 30.4 Å². The maximum Gasteiger partial charge on any atom is 0.180 e. The highest BCUT2D eigenvalue weighted by atomic mass is 16.3. The van der Waals surface area contributed by atoms with E-state index in [0.29, 0.717) is 23.8 Å². The molecule has 0 saturated heterocycles. The van der Waals surface area contributed by atoms with Crippen molar-refractivity contribution in [2.75, 3.05) is 37.0 Å². The van der Waals surface area contributed by atoms with Gasteiger partial charge in [0.2, 0.25) is 0 Å². The maximum atomic E-state index is 9.38. The van der Waals surface area contributed by atoms with E-state index >= 15 is 0 Å². The van der Waals surface area contributed by atoms with Crippen molar-refractivity contribution in [3.8, 4) is 0 Å². The zero-order chi connectivity index (χ0) is 14.6. The van der Waals surface area contributed by atoms with Gasteiger partial charge in [-0.2, -0.15) is 0 Å². The van der Waals surface area contributed by atoms with E-state index in [9.17, 15) is 15.3 Å². The van der Waals surface area contributed by atoms with E-state index < -0.39 is 25.4 Å². The summed E-state index contributed by atoms with van der Waals surface area (Å²) in [5, 5.41) is 34.1. The van der Waals surface area contributed by atoms with Crippen LogP contribution in [0.5, 0.6) is 0 Å². The molecule has 2 heterocycles. The molecule has 0 radical (unpaired) electrons. The molecule has 2 rings (SSSR count). The number of hydrogen-bond acceptors (Lipinski definition) is 7. The molecule has 20 heavy (non-hydrogen) atoms. The molecule has 0 bridgehead atoms. The van der Waals surface area contributed by atoms with Crippen LogP contribution in [0.1, 0.15) is 6.92 Å². The first-order valence-electron chi connectivity index (χ1n) is 6.36. The summed E-state index contributed by atoms with van der Waals surface area (Å²) in [4.78, 5) is 8.52. The average molecular weight is 281 g/mol. The summed E-state index contributed by atoms with van der Waals surface area (Å²) in [6, 6.07) is 0. The lowest BCUT2D eigenvalue weighted by Crippen LogP contribution is -2.49. The second-order valence-electron chi connectivity index (χ2n) is 4.54. The van der Waals surface area contributed by atoms with Crippen LogP contribution in [0.15, 0.2) is 18.6 Å². The molecule has 0 aromatic carbocycles.